The molecule has 29 heavy (non-hydrogen) atoms. The quantitative estimate of drug-likeness (QED) is 0.736. The van der Waals surface area contributed by atoms with Gasteiger partial charge in [0.1, 0.15) is 6.07 Å². The normalized spacial score (nSPS) is 19.7. The maximum absolute atomic E-state index is 12.1. The van der Waals surface area contributed by atoms with E-state index in [1.807, 2.05) is 37.3 Å². The highest BCUT2D eigenvalue weighted by Gasteiger charge is 2.31. The summed E-state index contributed by atoms with van der Waals surface area (Å²) >= 11 is 0. The van der Waals surface area contributed by atoms with Crippen LogP contribution in [0.4, 0.5) is 5.69 Å². The van der Waals surface area contributed by atoms with Gasteiger partial charge in [-0.05, 0) is 62.6 Å². The van der Waals surface area contributed by atoms with E-state index in [0.29, 0.717) is 17.6 Å². The van der Waals surface area contributed by atoms with Crippen molar-refractivity contribution in [2.24, 2.45) is 0 Å². The highest BCUT2D eigenvalue weighted by atomic mass is 16.5. The van der Waals surface area contributed by atoms with Crippen molar-refractivity contribution in [1.82, 2.24) is 4.90 Å². The SMILES string of the molecule is COC(=O)c1cc(CN2[C@H](C)CN(c3ccccc3C#N)C[C@@H]2C)c(C)cc1C. The lowest BCUT2D eigenvalue weighted by Crippen LogP contribution is -2.56. The monoisotopic (exact) mass is 391 g/mol. The summed E-state index contributed by atoms with van der Waals surface area (Å²) in [4.78, 5) is 16.9. The Morgan fingerprint density at radius 3 is 2.41 bits per heavy atom. The molecule has 5 heteroatoms. The van der Waals surface area contributed by atoms with Crippen LogP contribution in [0, 0.1) is 25.2 Å². The van der Waals surface area contributed by atoms with Gasteiger partial charge < -0.3 is 9.64 Å². The number of piperazine rings is 1. The van der Waals surface area contributed by atoms with Crippen molar-refractivity contribution in [3.8, 4) is 6.07 Å². The molecule has 2 aromatic carbocycles. The fraction of sp³-hybridized carbons (Fsp3) is 0.417. The van der Waals surface area contributed by atoms with Crippen molar-refractivity contribution >= 4 is 11.7 Å². The van der Waals surface area contributed by atoms with Gasteiger partial charge in [0, 0.05) is 31.7 Å². The van der Waals surface area contributed by atoms with Crippen LogP contribution in [0.1, 0.15) is 46.5 Å². The first-order chi connectivity index (χ1) is 13.8. The molecule has 2 aromatic rings. The summed E-state index contributed by atoms with van der Waals surface area (Å²) in [6, 6.07) is 14.8. The van der Waals surface area contributed by atoms with Crippen LogP contribution < -0.4 is 4.90 Å². The van der Waals surface area contributed by atoms with Crippen molar-refractivity contribution in [3.63, 3.8) is 0 Å². The zero-order valence-corrected chi connectivity index (χ0v) is 17.9. The summed E-state index contributed by atoms with van der Waals surface area (Å²) < 4.78 is 4.94. The van der Waals surface area contributed by atoms with Crippen LogP contribution in [0.25, 0.3) is 0 Å². The van der Waals surface area contributed by atoms with E-state index >= 15 is 0 Å². The number of benzene rings is 2. The Labute approximate surface area is 173 Å². The number of esters is 1. The fourth-order valence-corrected chi connectivity index (χ4v) is 4.30. The van der Waals surface area contributed by atoms with Gasteiger partial charge in [-0.1, -0.05) is 18.2 Å². The lowest BCUT2D eigenvalue weighted by atomic mass is 9.97. The zero-order chi connectivity index (χ0) is 21.1. The van der Waals surface area contributed by atoms with E-state index in [1.165, 1.54) is 12.7 Å². The molecule has 1 fully saturated rings. The summed E-state index contributed by atoms with van der Waals surface area (Å²) in [5.41, 5.74) is 5.64. The van der Waals surface area contributed by atoms with Crippen LogP contribution in [0.3, 0.4) is 0 Å². The number of nitrogens with zero attached hydrogens (tertiary/aromatic N) is 3. The van der Waals surface area contributed by atoms with E-state index in [4.69, 9.17) is 4.74 Å². The molecule has 1 saturated heterocycles. The van der Waals surface area contributed by atoms with Crippen LogP contribution in [0.15, 0.2) is 36.4 Å². The van der Waals surface area contributed by atoms with Crippen molar-refractivity contribution in [1.29, 1.82) is 5.26 Å². The number of para-hydroxylation sites is 1. The lowest BCUT2D eigenvalue weighted by Gasteiger charge is -2.45. The second kappa shape index (κ2) is 8.67. The Morgan fingerprint density at radius 2 is 1.79 bits per heavy atom. The smallest absolute Gasteiger partial charge is 0.338 e. The molecule has 0 aliphatic carbocycles. The van der Waals surface area contributed by atoms with Crippen molar-refractivity contribution < 1.29 is 9.53 Å². The van der Waals surface area contributed by atoms with E-state index in [-0.39, 0.29) is 5.97 Å². The van der Waals surface area contributed by atoms with Gasteiger partial charge in [-0.15, -0.1) is 0 Å². The molecule has 3 rings (SSSR count). The molecule has 2 atom stereocenters. The number of carbonyl (C=O) groups is 1. The highest BCUT2D eigenvalue weighted by Crippen LogP contribution is 2.28. The molecule has 1 aliphatic rings. The number of hydrogen-bond donors (Lipinski definition) is 0. The third-order valence-corrected chi connectivity index (χ3v) is 5.91. The number of rotatable bonds is 4. The molecule has 152 valence electrons. The predicted molar refractivity (Wildman–Crippen MR) is 115 cm³/mol. The second-order valence-corrected chi connectivity index (χ2v) is 7.99. The number of nitriles is 1. The molecule has 0 aromatic heterocycles. The maximum Gasteiger partial charge on any atom is 0.338 e. The first kappa shape index (κ1) is 20.9. The number of anilines is 1. The van der Waals surface area contributed by atoms with Crippen molar-refractivity contribution in [2.45, 2.75) is 46.3 Å². The Hall–Kier alpha value is -2.84. The third-order valence-electron chi connectivity index (χ3n) is 5.91. The molecular formula is C24H29N3O2. The van der Waals surface area contributed by atoms with Gasteiger partial charge in [0.2, 0.25) is 0 Å². The third kappa shape index (κ3) is 4.28. The fourth-order valence-electron chi connectivity index (χ4n) is 4.30. The molecular weight excluding hydrogens is 362 g/mol. The van der Waals surface area contributed by atoms with Gasteiger partial charge in [-0.3, -0.25) is 4.90 Å². The minimum Gasteiger partial charge on any atom is -0.465 e. The molecule has 5 nitrogen and oxygen atoms in total. The Balaban J connectivity index is 1.82. The number of methoxy groups -OCH3 is 1. The highest BCUT2D eigenvalue weighted by molar-refractivity contribution is 5.91. The van der Waals surface area contributed by atoms with E-state index < -0.39 is 0 Å². The van der Waals surface area contributed by atoms with Gasteiger partial charge >= 0.3 is 5.97 Å². The van der Waals surface area contributed by atoms with E-state index in [0.717, 1.165) is 42.0 Å². The van der Waals surface area contributed by atoms with Crippen LogP contribution in [-0.4, -0.2) is 43.2 Å². The standard InChI is InChI=1S/C24H29N3O2/c1-16-10-17(2)22(24(28)29-5)11-21(16)15-27-18(3)13-26(14-19(27)4)23-9-7-6-8-20(23)12-25/h6-11,18-19H,13-15H2,1-5H3/t18-,19+. The van der Waals surface area contributed by atoms with E-state index in [9.17, 15) is 10.1 Å². The summed E-state index contributed by atoms with van der Waals surface area (Å²) in [5.74, 6) is -0.289. The number of hydrogen-bond acceptors (Lipinski definition) is 5. The molecule has 1 aliphatic heterocycles. The molecule has 0 spiro atoms. The first-order valence-electron chi connectivity index (χ1n) is 10.0. The molecule has 0 amide bonds. The van der Waals surface area contributed by atoms with Crippen LogP contribution in [-0.2, 0) is 11.3 Å². The van der Waals surface area contributed by atoms with E-state index in [2.05, 4.69) is 42.7 Å². The average Bonchev–Trinajstić information content (AvgIpc) is 2.71. The van der Waals surface area contributed by atoms with Gasteiger partial charge in [0.25, 0.3) is 0 Å². The Kier molecular flexibility index (Phi) is 6.24. The number of carbonyl (C=O) groups excluding carboxylic acids is 1. The zero-order valence-electron chi connectivity index (χ0n) is 17.9. The number of aryl methyl sites for hydroxylation is 2. The van der Waals surface area contributed by atoms with Crippen LogP contribution in [0.5, 0.6) is 0 Å². The average molecular weight is 392 g/mol. The largest absolute Gasteiger partial charge is 0.465 e. The minimum absolute atomic E-state index is 0.289. The minimum atomic E-state index is -0.289. The molecule has 0 radical (unpaired) electrons. The maximum atomic E-state index is 12.1. The molecule has 0 unspecified atom stereocenters. The molecule has 1 heterocycles. The van der Waals surface area contributed by atoms with Gasteiger partial charge in [-0.25, -0.2) is 4.79 Å². The van der Waals surface area contributed by atoms with Gasteiger partial charge in [-0.2, -0.15) is 5.26 Å². The van der Waals surface area contributed by atoms with Crippen LogP contribution in [0.2, 0.25) is 0 Å². The van der Waals surface area contributed by atoms with Gasteiger partial charge in [0.15, 0.2) is 0 Å². The second-order valence-electron chi connectivity index (χ2n) is 7.99. The summed E-state index contributed by atoms with van der Waals surface area (Å²) in [6.45, 7) is 11.0. The topological polar surface area (TPSA) is 56.6 Å². The molecule has 0 saturated carbocycles. The predicted octanol–water partition coefficient (Wildman–Crippen LogP) is 4.06. The van der Waals surface area contributed by atoms with Crippen molar-refractivity contribution in [3.05, 3.63) is 64.2 Å². The van der Waals surface area contributed by atoms with Crippen LogP contribution >= 0.6 is 0 Å². The summed E-state index contributed by atoms with van der Waals surface area (Å²) in [5, 5.41) is 9.45. The molecule has 0 bridgehead atoms. The summed E-state index contributed by atoms with van der Waals surface area (Å²) in [6.07, 6.45) is 0. The Bertz CT molecular complexity index is 936. The first-order valence-corrected chi connectivity index (χ1v) is 10.0. The van der Waals surface area contributed by atoms with E-state index in [1.54, 1.807) is 0 Å². The Morgan fingerprint density at radius 1 is 1.14 bits per heavy atom. The lowest BCUT2D eigenvalue weighted by molar-refractivity contribution is 0.0599. The molecule has 0 N–H and O–H groups in total. The summed E-state index contributed by atoms with van der Waals surface area (Å²) in [7, 11) is 1.42. The van der Waals surface area contributed by atoms with Crippen molar-refractivity contribution in [2.75, 3.05) is 25.1 Å². The van der Waals surface area contributed by atoms with Gasteiger partial charge in [0.05, 0.1) is 23.9 Å². The number of ether oxygens (including phenoxy) is 1.